The lowest BCUT2D eigenvalue weighted by Gasteiger charge is -2.33. The number of piperidine rings is 1. The van der Waals surface area contributed by atoms with E-state index in [4.69, 9.17) is 4.42 Å². The maximum absolute atomic E-state index is 12.6. The first-order chi connectivity index (χ1) is 12.0. The highest BCUT2D eigenvalue weighted by atomic mass is 16.3. The van der Waals surface area contributed by atoms with Crippen molar-refractivity contribution in [3.8, 4) is 0 Å². The number of aryl methyl sites for hydroxylation is 3. The van der Waals surface area contributed by atoms with Crippen molar-refractivity contribution >= 4 is 6.03 Å². The molecule has 0 saturated carbocycles. The van der Waals surface area contributed by atoms with Crippen molar-refractivity contribution < 1.29 is 9.21 Å². The number of urea groups is 1. The first-order valence-electron chi connectivity index (χ1n) is 9.13. The molecule has 6 heteroatoms. The summed E-state index contributed by atoms with van der Waals surface area (Å²) in [6.45, 7) is 7.57. The first-order valence-corrected chi connectivity index (χ1v) is 9.13. The van der Waals surface area contributed by atoms with Crippen LogP contribution in [-0.4, -0.2) is 39.8 Å². The van der Waals surface area contributed by atoms with Gasteiger partial charge in [-0.15, -0.1) is 0 Å². The van der Waals surface area contributed by atoms with E-state index in [0.29, 0.717) is 0 Å². The van der Waals surface area contributed by atoms with E-state index < -0.39 is 0 Å². The van der Waals surface area contributed by atoms with E-state index >= 15 is 0 Å². The van der Waals surface area contributed by atoms with Crippen LogP contribution in [0.15, 0.2) is 28.9 Å². The van der Waals surface area contributed by atoms with Gasteiger partial charge in [-0.1, -0.05) is 0 Å². The summed E-state index contributed by atoms with van der Waals surface area (Å²) < 4.78 is 7.58. The van der Waals surface area contributed by atoms with Gasteiger partial charge in [0.1, 0.15) is 11.5 Å². The Bertz CT molecular complexity index is 706. The number of aromatic nitrogens is 2. The van der Waals surface area contributed by atoms with Gasteiger partial charge in [-0.05, 0) is 57.7 Å². The van der Waals surface area contributed by atoms with Crippen LogP contribution in [0.25, 0.3) is 0 Å². The average Bonchev–Trinajstić information content (AvgIpc) is 3.21. The molecule has 1 N–H and O–H groups in total. The molecule has 1 aliphatic heterocycles. The Kier molecular flexibility index (Phi) is 5.46. The van der Waals surface area contributed by atoms with Crippen LogP contribution in [0.5, 0.6) is 0 Å². The summed E-state index contributed by atoms with van der Waals surface area (Å²) in [7, 11) is 0. The van der Waals surface area contributed by atoms with Gasteiger partial charge in [-0.3, -0.25) is 4.68 Å². The molecule has 0 aliphatic carbocycles. The van der Waals surface area contributed by atoms with E-state index in [-0.39, 0.29) is 18.1 Å². The van der Waals surface area contributed by atoms with Crippen molar-refractivity contribution in [3.05, 3.63) is 41.6 Å². The summed E-state index contributed by atoms with van der Waals surface area (Å²) in [5.41, 5.74) is 1.16. The smallest absolute Gasteiger partial charge is 0.317 e. The third kappa shape index (κ3) is 4.65. The molecule has 2 aromatic rings. The molecule has 2 aromatic heterocycles. The molecule has 0 spiro atoms. The SMILES string of the molecule is Cc1cnn([C@@H]2CCCN(C(=O)N[C@@H](C)CCc3ccc(C)o3)C2)c1. The first kappa shape index (κ1) is 17.6. The lowest BCUT2D eigenvalue weighted by Crippen LogP contribution is -2.48. The van der Waals surface area contributed by atoms with Gasteiger partial charge in [0.15, 0.2) is 0 Å². The van der Waals surface area contributed by atoms with E-state index in [1.165, 1.54) is 0 Å². The summed E-state index contributed by atoms with van der Waals surface area (Å²) in [6.07, 6.45) is 7.71. The zero-order valence-electron chi connectivity index (χ0n) is 15.4. The van der Waals surface area contributed by atoms with Crippen molar-refractivity contribution in [2.45, 2.75) is 58.5 Å². The molecule has 0 bridgehead atoms. The zero-order valence-corrected chi connectivity index (χ0v) is 15.4. The number of nitrogens with one attached hydrogen (secondary N) is 1. The third-order valence-corrected chi connectivity index (χ3v) is 4.78. The van der Waals surface area contributed by atoms with Gasteiger partial charge in [-0.25, -0.2) is 4.79 Å². The quantitative estimate of drug-likeness (QED) is 0.903. The van der Waals surface area contributed by atoms with Crippen molar-refractivity contribution in [1.82, 2.24) is 20.0 Å². The molecule has 1 saturated heterocycles. The van der Waals surface area contributed by atoms with E-state index in [1.807, 2.05) is 48.7 Å². The van der Waals surface area contributed by atoms with Crippen LogP contribution in [0.4, 0.5) is 4.79 Å². The summed E-state index contributed by atoms with van der Waals surface area (Å²) in [5.74, 6) is 1.91. The number of hydrogen-bond donors (Lipinski definition) is 1. The van der Waals surface area contributed by atoms with E-state index in [0.717, 1.165) is 55.9 Å². The Morgan fingerprint density at radius 1 is 1.44 bits per heavy atom. The Hall–Kier alpha value is -2.24. The molecular weight excluding hydrogens is 316 g/mol. The highest BCUT2D eigenvalue weighted by Gasteiger charge is 2.25. The fourth-order valence-corrected chi connectivity index (χ4v) is 3.34. The predicted molar refractivity (Wildman–Crippen MR) is 96.6 cm³/mol. The van der Waals surface area contributed by atoms with Gasteiger partial charge >= 0.3 is 6.03 Å². The molecule has 25 heavy (non-hydrogen) atoms. The Morgan fingerprint density at radius 3 is 2.96 bits per heavy atom. The summed E-state index contributed by atoms with van der Waals surface area (Å²) in [6, 6.07) is 4.39. The number of rotatable bonds is 5. The third-order valence-electron chi connectivity index (χ3n) is 4.78. The molecule has 2 atom stereocenters. The lowest BCUT2D eigenvalue weighted by atomic mass is 10.1. The molecule has 136 valence electrons. The van der Waals surface area contributed by atoms with Gasteiger partial charge in [0.25, 0.3) is 0 Å². The van der Waals surface area contributed by atoms with Crippen LogP contribution in [0.2, 0.25) is 0 Å². The van der Waals surface area contributed by atoms with E-state index in [1.54, 1.807) is 0 Å². The van der Waals surface area contributed by atoms with Crippen molar-refractivity contribution in [2.75, 3.05) is 13.1 Å². The second-order valence-electron chi connectivity index (χ2n) is 7.14. The minimum absolute atomic E-state index is 0.0247. The summed E-state index contributed by atoms with van der Waals surface area (Å²) >= 11 is 0. The number of nitrogens with zero attached hydrogens (tertiary/aromatic N) is 3. The topological polar surface area (TPSA) is 63.3 Å². The standard InChI is InChI=1S/C19H28N4O2/c1-14-11-20-23(12-14)17-5-4-10-22(13-17)19(24)21-15(2)6-8-18-9-7-16(3)25-18/h7,9,11-12,15,17H,4-6,8,10,13H2,1-3H3,(H,21,24)/t15-,17+/m0/s1. The zero-order chi connectivity index (χ0) is 17.8. The van der Waals surface area contributed by atoms with Crippen LogP contribution in [0.1, 0.15) is 49.3 Å². The van der Waals surface area contributed by atoms with Crippen LogP contribution in [0, 0.1) is 13.8 Å². The summed E-state index contributed by atoms with van der Waals surface area (Å²) in [5, 5.41) is 7.53. The number of hydrogen-bond acceptors (Lipinski definition) is 3. The molecule has 0 radical (unpaired) electrons. The van der Waals surface area contributed by atoms with Crippen LogP contribution in [0.3, 0.4) is 0 Å². The highest BCUT2D eigenvalue weighted by molar-refractivity contribution is 5.74. The van der Waals surface area contributed by atoms with Crippen LogP contribution >= 0.6 is 0 Å². The number of amides is 2. The van der Waals surface area contributed by atoms with Gasteiger partial charge in [0, 0.05) is 31.7 Å². The summed E-state index contributed by atoms with van der Waals surface area (Å²) in [4.78, 5) is 14.5. The molecule has 1 fully saturated rings. The Labute approximate surface area is 149 Å². The van der Waals surface area contributed by atoms with Crippen molar-refractivity contribution in [2.24, 2.45) is 0 Å². The molecular formula is C19H28N4O2. The fourth-order valence-electron chi connectivity index (χ4n) is 3.34. The largest absolute Gasteiger partial charge is 0.466 e. The minimum Gasteiger partial charge on any atom is -0.466 e. The second kappa shape index (κ2) is 7.76. The van der Waals surface area contributed by atoms with Crippen molar-refractivity contribution in [1.29, 1.82) is 0 Å². The van der Waals surface area contributed by atoms with Gasteiger partial charge in [0.2, 0.25) is 0 Å². The number of carbonyl (C=O) groups is 1. The lowest BCUT2D eigenvalue weighted by molar-refractivity contribution is 0.160. The maximum Gasteiger partial charge on any atom is 0.317 e. The maximum atomic E-state index is 12.6. The molecule has 0 aromatic carbocycles. The van der Waals surface area contributed by atoms with Crippen molar-refractivity contribution in [3.63, 3.8) is 0 Å². The monoisotopic (exact) mass is 344 g/mol. The van der Waals surface area contributed by atoms with E-state index in [2.05, 4.69) is 16.6 Å². The fraction of sp³-hybridized carbons (Fsp3) is 0.579. The minimum atomic E-state index is 0.0247. The number of furan rings is 1. The molecule has 3 rings (SSSR count). The second-order valence-corrected chi connectivity index (χ2v) is 7.14. The van der Waals surface area contributed by atoms with Gasteiger partial charge < -0.3 is 14.6 Å². The Balaban J connectivity index is 1.48. The number of likely N-dealkylation sites (tertiary alicyclic amines) is 1. The van der Waals surface area contributed by atoms with Gasteiger partial charge in [-0.2, -0.15) is 5.10 Å². The molecule has 0 unspecified atom stereocenters. The van der Waals surface area contributed by atoms with E-state index in [9.17, 15) is 4.79 Å². The molecule has 3 heterocycles. The van der Waals surface area contributed by atoms with Crippen LogP contribution in [-0.2, 0) is 6.42 Å². The van der Waals surface area contributed by atoms with Crippen LogP contribution < -0.4 is 5.32 Å². The molecule has 1 aliphatic rings. The number of carbonyl (C=O) groups excluding carboxylic acids is 1. The van der Waals surface area contributed by atoms with Gasteiger partial charge in [0.05, 0.1) is 12.2 Å². The molecule has 2 amide bonds. The normalized spacial score (nSPS) is 19.0. The highest BCUT2D eigenvalue weighted by Crippen LogP contribution is 2.21. The molecule has 6 nitrogen and oxygen atoms in total. The predicted octanol–water partition coefficient (Wildman–Crippen LogP) is 3.46. The average molecular weight is 344 g/mol. The Morgan fingerprint density at radius 2 is 2.28 bits per heavy atom.